The molecule has 1 aliphatic carbocycles. The molecule has 3 heteroatoms. The maximum atomic E-state index is 12.0. The standard InChI is InChI=1S/C14H11NO2/c1-2-3-13(16)12-7-10-6-9(8-15)4-5-11(10)14(12)17/h1,4-6,12-13,16H,3,7H2. The van der Waals surface area contributed by atoms with Crippen LogP contribution in [0.2, 0.25) is 0 Å². The van der Waals surface area contributed by atoms with E-state index in [1.54, 1.807) is 18.2 Å². The van der Waals surface area contributed by atoms with E-state index >= 15 is 0 Å². The second-order valence-corrected chi connectivity index (χ2v) is 4.13. The monoisotopic (exact) mass is 225 g/mol. The van der Waals surface area contributed by atoms with Crippen molar-refractivity contribution in [3.63, 3.8) is 0 Å². The number of nitrogens with zero attached hydrogens (tertiary/aromatic N) is 1. The summed E-state index contributed by atoms with van der Waals surface area (Å²) in [5, 5.41) is 18.6. The Morgan fingerprint density at radius 2 is 2.35 bits per heavy atom. The van der Waals surface area contributed by atoms with Gasteiger partial charge in [-0.15, -0.1) is 12.3 Å². The van der Waals surface area contributed by atoms with Gasteiger partial charge in [-0.25, -0.2) is 0 Å². The highest BCUT2D eigenvalue weighted by atomic mass is 16.3. The topological polar surface area (TPSA) is 61.1 Å². The number of rotatable bonds is 2. The number of aliphatic hydroxyl groups is 1. The van der Waals surface area contributed by atoms with Gasteiger partial charge in [-0.2, -0.15) is 5.26 Å². The molecular weight excluding hydrogens is 214 g/mol. The van der Waals surface area contributed by atoms with E-state index in [9.17, 15) is 9.90 Å². The van der Waals surface area contributed by atoms with Gasteiger partial charge in [-0.05, 0) is 30.2 Å². The van der Waals surface area contributed by atoms with Crippen molar-refractivity contribution in [3.8, 4) is 18.4 Å². The molecule has 2 atom stereocenters. The summed E-state index contributed by atoms with van der Waals surface area (Å²) in [6, 6.07) is 7.01. The third-order valence-electron chi connectivity index (χ3n) is 3.07. The molecule has 1 N–H and O–H groups in total. The number of benzene rings is 1. The Morgan fingerprint density at radius 1 is 1.59 bits per heavy atom. The van der Waals surface area contributed by atoms with Crippen molar-refractivity contribution < 1.29 is 9.90 Å². The zero-order valence-electron chi connectivity index (χ0n) is 9.18. The van der Waals surface area contributed by atoms with Crippen LogP contribution in [0.25, 0.3) is 0 Å². The molecule has 0 saturated heterocycles. The van der Waals surface area contributed by atoms with Crippen molar-refractivity contribution in [1.29, 1.82) is 5.26 Å². The fourth-order valence-corrected chi connectivity index (χ4v) is 2.18. The van der Waals surface area contributed by atoms with E-state index in [2.05, 4.69) is 5.92 Å². The van der Waals surface area contributed by atoms with Gasteiger partial charge in [0.2, 0.25) is 0 Å². The molecule has 0 spiro atoms. The number of carbonyl (C=O) groups is 1. The Kier molecular flexibility index (Phi) is 2.95. The van der Waals surface area contributed by atoms with Crippen LogP contribution < -0.4 is 0 Å². The fourth-order valence-electron chi connectivity index (χ4n) is 2.18. The maximum Gasteiger partial charge on any atom is 0.169 e. The number of nitriles is 1. The van der Waals surface area contributed by atoms with Gasteiger partial charge in [0, 0.05) is 12.0 Å². The molecule has 0 amide bonds. The molecular formula is C14H11NO2. The van der Waals surface area contributed by atoms with Gasteiger partial charge in [-0.1, -0.05) is 0 Å². The summed E-state index contributed by atoms with van der Waals surface area (Å²) in [5.41, 5.74) is 1.96. The molecule has 0 aromatic heterocycles. The van der Waals surface area contributed by atoms with E-state index in [1.165, 1.54) is 0 Å². The number of terminal acetylenes is 1. The molecule has 84 valence electrons. The largest absolute Gasteiger partial charge is 0.391 e. The highest BCUT2D eigenvalue weighted by Crippen LogP contribution is 2.30. The fraction of sp³-hybridized carbons (Fsp3) is 0.286. The second kappa shape index (κ2) is 4.41. The van der Waals surface area contributed by atoms with E-state index in [0.717, 1.165) is 5.56 Å². The summed E-state index contributed by atoms with van der Waals surface area (Å²) >= 11 is 0. The minimum Gasteiger partial charge on any atom is -0.391 e. The van der Waals surface area contributed by atoms with E-state index in [0.29, 0.717) is 17.5 Å². The van der Waals surface area contributed by atoms with E-state index in [-0.39, 0.29) is 12.2 Å². The molecule has 0 fully saturated rings. The first-order valence-electron chi connectivity index (χ1n) is 5.36. The summed E-state index contributed by atoms with van der Waals surface area (Å²) < 4.78 is 0. The summed E-state index contributed by atoms with van der Waals surface area (Å²) in [4.78, 5) is 12.0. The lowest BCUT2D eigenvalue weighted by atomic mass is 9.96. The van der Waals surface area contributed by atoms with Gasteiger partial charge in [0.05, 0.1) is 23.7 Å². The average molecular weight is 225 g/mol. The van der Waals surface area contributed by atoms with Crippen molar-refractivity contribution in [2.45, 2.75) is 18.9 Å². The Hall–Kier alpha value is -2.10. The van der Waals surface area contributed by atoms with Crippen molar-refractivity contribution >= 4 is 5.78 Å². The quantitative estimate of drug-likeness (QED) is 0.772. The van der Waals surface area contributed by atoms with Crippen molar-refractivity contribution in [1.82, 2.24) is 0 Å². The van der Waals surface area contributed by atoms with Crippen molar-refractivity contribution in [2.24, 2.45) is 5.92 Å². The molecule has 2 rings (SSSR count). The van der Waals surface area contributed by atoms with Crippen LogP contribution in [0.1, 0.15) is 27.9 Å². The lowest BCUT2D eigenvalue weighted by molar-refractivity contribution is 0.0725. The van der Waals surface area contributed by atoms with E-state index in [1.807, 2.05) is 6.07 Å². The third-order valence-corrected chi connectivity index (χ3v) is 3.07. The minimum absolute atomic E-state index is 0.0766. The van der Waals surface area contributed by atoms with Gasteiger partial charge in [0.15, 0.2) is 5.78 Å². The molecule has 0 aliphatic heterocycles. The molecule has 0 saturated carbocycles. The smallest absolute Gasteiger partial charge is 0.169 e. The predicted octanol–water partition coefficient (Wildman–Crippen LogP) is 1.30. The highest BCUT2D eigenvalue weighted by Gasteiger charge is 2.35. The third kappa shape index (κ3) is 1.93. The average Bonchev–Trinajstić information content (AvgIpc) is 2.66. The van der Waals surface area contributed by atoms with Crippen LogP contribution in [0.4, 0.5) is 0 Å². The van der Waals surface area contributed by atoms with E-state index < -0.39 is 12.0 Å². The number of hydrogen-bond donors (Lipinski definition) is 1. The molecule has 3 nitrogen and oxygen atoms in total. The van der Waals surface area contributed by atoms with Crippen LogP contribution in [0.15, 0.2) is 18.2 Å². The summed E-state index contributed by atoms with van der Waals surface area (Å²) in [6.07, 6.45) is 4.97. The maximum absolute atomic E-state index is 12.0. The first kappa shape index (κ1) is 11.4. The molecule has 0 bridgehead atoms. The molecule has 1 aromatic carbocycles. The Bertz CT molecular complexity index is 548. The second-order valence-electron chi connectivity index (χ2n) is 4.13. The van der Waals surface area contributed by atoms with E-state index in [4.69, 9.17) is 11.7 Å². The van der Waals surface area contributed by atoms with Crippen LogP contribution in [0.3, 0.4) is 0 Å². The molecule has 17 heavy (non-hydrogen) atoms. The van der Waals surface area contributed by atoms with Gasteiger partial charge in [0.1, 0.15) is 0 Å². The summed E-state index contributed by atoms with van der Waals surface area (Å²) in [5.74, 6) is 1.82. The van der Waals surface area contributed by atoms with Crippen molar-refractivity contribution in [3.05, 3.63) is 34.9 Å². The van der Waals surface area contributed by atoms with Crippen LogP contribution in [0.5, 0.6) is 0 Å². The van der Waals surface area contributed by atoms with Gasteiger partial charge < -0.3 is 5.11 Å². The lowest BCUT2D eigenvalue weighted by Crippen LogP contribution is -2.25. The van der Waals surface area contributed by atoms with Gasteiger partial charge >= 0.3 is 0 Å². The zero-order valence-corrected chi connectivity index (χ0v) is 9.18. The van der Waals surface area contributed by atoms with Crippen molar-refractivity contribution in [2.75, 3.05) is 0 Å². The molecule has 1 aromatic rings. The van der Waals surface area contributed by atoms with Crippen LogP contribution in [0, 0.1) is 29.6 Å². The molecule has 1 aliphatic rings. The van der Waals surface area contributed by atoms with Gasteiger partial charge in [-0.3, -0.25) is 4.79 Å². The Labute approximate surface area is 99.7 Å². The van der Waals surface area contributed by atoms with Gasteiger partial charge in [0.25, 0.3) is 0 Å². The van der Waals surface area contributed by atoms with Crippen LogP contribution >= 0.6 is 0 Å². The van der Waals surface area contributed by atoms with Crippen LogP contribution in [-0.2, 0) is 6.42 Å². The first-order valence-corrected chi connectivity index (χ1v) is 5.36. The number of carbonyl (C=O) groups excluding carboxylic acids is 1. The SMILES string of the molecule is C#CCC(O)C1Cc2cc(C#N)ccc2C1=O. The first-order chi connectivity index (χ1) is 8.17. The molecule has 2 unspecified atom stereocenters. The lowest BCUT2D eigenvalue weighted by Gasteiger charge is -2.13. The Morgan fingerprint density at radius 3 is 3.00 bits per heavy atom. The normalized spacial score (nSPS) is 19.2. The number of ketones is 1. The predicted molar refractivity (Wildman–Crippen MR) is 62.1 cm³/mol. The number of aliphatic hydroxyl groups excluding tert-OH is 1. The molecule has 0 radical (unpaired) electrons. The van der Waals surface area contributed by atoms with Crippen LogP contribution in [-0.4, -0.2) is 17.0 Å². The number of Topliss-reactive ketones (excluding diaryl/α,β-unsaturated/α-hetero) is 1. The highest BCUT2D eigenvalue weighted by molar-refractivity contribution is 6.02. The summed E-state index contributed by atoms with van der Waals surface area (Å²) in [7, 11) is 0. The Balaban J connectivity index is 2.30. The molecule has 0 heterocycles. The zero-order chi connectivity index (χ0) is 12.4. The minimum atomic E-state index is -0.801. The number of hydrogen-bond acceptors (Lipinski definition) is 3. The summed E-state index contributed by atoms with van der Waals surface area (Å²) in [6.45, 7) is 0. The number of fused-ring (bicyclic) bond motifs is 1.